The highest BCUT2D eigenvalue weighted by atomic mass is 16.5. The zero-order valence-corrected chi connectivity index (χ0v) is 9.78. The Morgan fingerprint density at radius 2 is 2.00 bits per heavy atom. The Balaban J connectivity index is 1.65. The molecular formula is C14H13N3O. The summed E-state index contributed by atoms with van der Waals surface area (Å²) in [5, 5.41) is 3.15. The van der Waals surface area contributed by atoms with Gasteiger partial charge in [-0.1, -0.05) is 24.3 Å². The Morgan fingerprint density at radius 3 is 2.78 bits per heavy atom. The van der Waals surface area contributed by atoms with Gasteiger partial charge in [0.2, 0.25) is 0 Å². The summed E-state index contributed by atoms with van der Waals surface area (Å²) in [6.45, 7) is 0.626. The maximum atomic E-state index is 5.75. The third-order valence-corrected chi connectivity index (χ3v) is 2.74. The highest BCUT2D eigenvalue weighted by Gasteiger charge is 2.21. The number of hydrogen-bond acceptors (Lipinski definition) is 4. The van der Waals surface area contributed by atoms with Crippen LogP contribution in [0.2, 0.25) is 0 Å². The molecule has 1 N–H and O–H groups in total. The normalized spacial score (nSPS) is 18.0. The molecule has 0 saturated carbocycles. The number of amidine groups is 1. The van der Waals surface area contributed by atoms with Crippen LogP contribution in [0.3, 0.4) is 0 Å². The number of benzene rings is 1. The first kappa shape index (κ1) is 10.8. The van der Waals surface area contributed by atoms with E-state index in [-0.39, 0.29) is 6.10 Å². The topological polar surface area (TPSA) is 46.5 Å². The summed E-state index contributed by atoms with van der Waals surface area (Å²) < 4.78 is 5.75. The quantitative estimate of drug-likeness (QED) is 0.876. The van der Waals surface area contributed by atoms with E-state index >= 15 is 0 Å². The number of nitrogens with zero attached hydrogens (tertiary/aromatic N) is 2. The molecule has 0 fully saturated rings. The van der Waals surface area contributed by atoms with Gasteiger partial charge in [-0.3, -0.25) is 4.98 Å². The van der Waals surface area contributed by atoms with E-state index in [1.165, 1.54) is 0 Å². The zero-order chi connectivity index (χ0) is 12.2. The van der Waals surface area contributed by atoms with Crippen molar-refractivity contribution < 1.29 is 4.74 Å². The average Bonchev–Trinajstić information content (AvgIpc) is 2.89. The SMILES string of the molecule is c1ccc(NC2=NCC(c3cccnc3)O2)cc1. The van der Waals surface area contributed by atoms with Gasteiger partial charge in [-0.05, 0) is 18.2 Å². The largest absolute Gasteiger partial charge is 0.455 e. The number of rotatable bonds is 2. The zero-order valence-electron chi connectivity index (χ0n) is 9.78. The third-order valence-electron chi connectivity index (χ3n) is 2.74. The Kier molecular flexibility index (Phi) is 2.92. The van der Waals surface area contributed by atoms with E-state index in [1.807, 2.05) is 48.7 Å². The van der Waals surface area contributed by atoms with Crippen LogP contribution in [0.1, 0.15) is 11.7 Å². The summed E-state index contributed by atoms with van der Waals surface area (Å²) in [6, 6.07) is 14.3. The van der Waals surface area contributed by atoms with Crippen molar-refractivity contribution in [1.29, 1.82) is 0 Å². The molecule has 1 aliphatic rings. The minimum Gasteiger partial charge on any atom is -0.455 e. The molecule has 4 nitrogen and oxygen atoms in total. The van der Waals surface area contributed by atoms with Gasteiger partial charge in [0.05, 0.1) is 6.54 Å². The molecule has 0 saturated heterocycles. The summed E-state index contributed by atoms with van der Waals surface area (Å²) in [7, 11) is 0. The molecule has 4 heteroatoms. The van der Waals surface area contributed by atoms with E-state index in [1.54, 1.807) is 6.20 Å². The Morgan fingerprint density at radius 1 is 1.11 bits per heavy atom. The lowest BCUT2D eigenvalue weighted by atomic mass is 10.2. The van der Waals surface area contributed by atoms with Gasteiger partial charge >= 0.3 is 0 Å². The molecule has 1 aliphatic heterocycles. The van der Waals surface area contributed by atoms with Crippen molar-refractivity contribution in [3.8, 4) is 0 Å². The average molecular weight is 239 g/mol. The maximum Gasteiger partial charge on any atom is 0.290 e. The molecule has 1 aromatic heterocycles. The lowest BCUT2D eigenvalue weighted by molar-refractivity contribution is 0.228. The first-order valence-electron chi connectivity index (χ1n) is 5.85. The van der Waals surface area contributed by atoms with Crippen molar-refractivity contribution in [1.82, 2.24) is 4.98 Å². The fourth-order valence-corrected chi connectivity index (χ4v) is 1.83. The van der Waals surface area contributed by atoms with Gasteiger partial charge in [0.1, 0.15) is 6.10 Å². The number of aliphatic imine (C=N–C) groups is 1. The minimum absolute atomic E-state index is 0.0371. The Bertz CT molecular complexity index is 539. The monoisotopic (exact) mass is 239 g/mol. The highest BCUT2D eigenvalue weighted by Crippen LogP contribution is 2.22. The van der Waals surface area contributed by atoms with Gasteiger partial charge in [-0.15, -0.1) is 0 Å². The number of hydrogen-bond donors (Lipinski definition) is 1. The number of nitrogens with one attached hydrogen (secondary N) is 1. The number of ether oxygens (including phenoxy) is 1. The van der Waals surface area contributed by atoms with E-state index in [0.29, 0.717) is 12.6 Å². The summed E-state index contributed by atoms with van der Waals surface area (Å²) >= 11 is 0. The third kappa shape index (κ3) is 2.32. The van der Waals surface area contributed by atoms with E-state index in [2.05, 4.69) is 15.3 Å². The fourth-order valence-electron chi connectivity index (χ4n) is 1.83. The van der Waals surface area contributed by atoms with Crippen LogP contribution in [-0.4, -0.2) is 17.6 Å². The summed E-state index contributed by atoms with van der Waals surface area (Å²) in [6.07, 6.45) is 3.53. The van der Waals surface area contributed by atoms with E-state index in [0.717, 1.165) is 11.3 Å². The number of pyridine rings is 1. The molecule has 1 aromatic carbocycles. The summed E-state index contributed by atoms with van der Waals surface area (Å²) in [5.41, 5.74) is 2.02. The van der Waals surface area contributed by atoms with E-state index in [4.69, 9.17) is 4.74 Å². The summed E-state index contributed by atoms with van der Waals surface area (Å²) in [4.78, 5) is 8.43. The molecule has 0 amide bonds. The molecule has 2 aromatic rings. The molecular weight excluding hydrogens is 226 g/mol. The van der Waals surface area contributed by atoms with E-state index < -0.39 is 0 Å². The Hall–Kier alpha value is -2.36. The van der Waals surface area contributed by atoms with Crippen LogP contribution >= 0.6 is 0 Å². The van der Waals surface area contributed by atoms with Crippen molar-refractivity contribution in [2.24, 2.45) is 4.99 Å². The number of para-hydroxylation sites is 1. The first-order chi connectivity index (χ1) is 8.92. The number of anilines is 1. The standard InChI is InChI=1S/C14H13N3O/c1-2-6-12(7-3-1)17-14-16-10-13(18-14)11-5-4-8-15-9-11/h1-9,13H,10H2,(H,16,17). The van der Waals surface area contributed by atoms with Crippen molar-refractivity contribution in [3.05, 3.63) is 60.4 Å². The minimum atomic E-state index is -0.0371. The smallest absolute Gasteiger partial charge is 0.290 e. The van der Waals surface area contributed by atoms with Crippen LogP contribution in [0, 0.1) is 0 Å². The lowest BCUT2D eigenvalue weighted by Crippen LogP contribution is -2.13. The molecule has 3 rings (SSSR count). The molecule has 0 bridgehead atoms. The van der Waals surface area contributed by atoms with Crippen LogP contribution < -0.4 is 5.32 Å². The summed E-state index contributed by atoms with van der Waals surface area (Å²) in [5.74, 6) is 0. The van der Waals surface area contributed by atoms with Crippen molar-refractivity contribution in [3.63, 3.8) is 0 Å². The van der Waals surface area contributed by atoms with Gasteiger partial charge < -0.3 is 10.1 Å². The van der Waals surface area contributed by atoms with Crippen LogP contribution in [0.5, 0.6) is 0 Å². The predicted molar refractivity (Wildman–Crippen MR) is 70.4 cm³/mol. The molecule has 1 atom stereocenters. The van der Waals surface area contributed by atoms with Crippen LogP contribution in [-0.2, 0) is 4.74 Å². The highest BCUT2D eigenvalue weighted by molar-refractivity contribution is 5.90. The predicted octanol–water partition coefficient (Wildman–Crippen LogP) is 2.62. The van der Waals surface area contributed by atoms with Gasteiger partial charge in [-0.2, -0.15) is 0 Å². The van der Waals surface area contributed by atoms with Crippen molar-refractivity contribution in [2.45, 2.75) is 6.10 Å². The molecule has 1 unspecified atom stereocenters. The molecule has 0 spiro atoms. The molecule has 0 radical (unpaired) electrons. The molecule has 90 valence electrons. The second kappa shape index (κ2) is 4.87. The van der Waals surface area contributed by atoms with Crippen LogP contribution in [0.25, 0.3) is 0 Å². The number of aromatic nitrogens is 1. The van der Waals surface area contributed by atoms with Crippen LogP contribution in [0.4, 0.5) is 5.69 Å². The Labute approximate surface area is 105 Å². The maximum absolute atomic E-state index is 5.75. The second-order valence-electron chi connectivity index (χ2n) is 4.03. The molecule has 0 aliphatic carbocycles. The van der Waals surface area contributed by atoms with E-state index in [9.17, 15) is 0 Å². The fraction of sp³-hybridized carbons (Fsp3) is 0.143. The van der Waals surface area contributed by atoms with Gasteiger partial charge in [0.15, 0.2) is 0 Å². The van der Waals surface area contributed by atoms with Crippen molar-refractivity contribution in [2.75, 3.05) is 11.9 Å². The van der Waals surface area contributed by atoms with Gasteiger partial charge in [0.25, 0.3) is 6.02 Å². The molecule has 18 heavy (non-hydrogen) atoms. The lowest BCUT2D eigenvalue weighted by Gasteiger charge is -2.11. The first-order valence-corrected chi connectivity index (χ1v) is 5.85. The van der Waals surface area contributed by atoms with Crippen molar-refractivity contribution >= 4 is 11.7 Å². The second-order valence-corrected chi connectivity index (χ2v) is 4.03. The van der Waals surface area contributed by atoms with Crippen LogP contribution in [0.15, 0.2) is 59.9 Å². The molecule has 2 heterocycles. The van der Waals surface area contributed by atoms with Gasteiger partial charge in [0, 0.05) is 23.6 Å². The van der Waals surface area contributed by atoms with Gasteiger partial charge in [-0.25, -0.2) is 4.99 Å².